The fourth-order valence-corrected chi connectivity index (χ4v) is 17.7. The third kappa shape index (κ3) is 6.02. The Morgan fingerprint density at radius 3 is 1.05 bits per heavy atom. The van der Waals surface area contributed by atoms with Crippen LogP contribution in [0.3, 0.4) is 0 Å². The molecule has 11 aromatic carbocycles. The van der Waals surface area contributed by atoms with Crippen molar-refractivity contribution in [3.05, 3.63) is 205 Å². The van der Waals surface area contributed by atoms with Crippen LogP contribution in [0.5, 0.6) is 0 Å². The first kappa shape index (κ1) is 47.5. The number of nitrogens with zero attached hydrogens (tertiary/aromatic N) is 4. The summed E-state index contributed by atoms with van der Waals surface area (Å²) in [4.78, 5) is 0. The molecule has 0 aliphatic heterocycles. The van der Waals surface area contributed by atoms with Crippen LogP contribution in [0.1, 0.15) is 79.0 Å². The number of hydrogen-bond donors (Lipinski definition) is 0. The number of aromatic nitrogens is 4. The fraction of sp³-hybridized carbons (Fsp3) is 0.154. The van der Waals surface area contributed by atoms with Gasteiger partial charge in [-0.05, 0) is 148 Å². The fourth-order valence-electron chi connectivity index (χ4n) is 15.3. The zero-order valence-electron chi connectivity index (χ0n) is 48.5. The zero-order chi connectivity index (χ0) is 56.4. The molecule has 402 valence electrons. The van der Waals surface area contributed by atoms with Gasteiger partial charge in [0.25, 0.3) is 0 Å². The van der Waals surface area contributed by atoms with Gasteiger partial charge in [0, 0.05) is 116 Å². The van der Waals surface area contributed by atoms with Crippen LogP contribution in [0.2, 0.25) is 0 Å². The summed E-state index contributed by atoms with van der Waals surface area (Å²) in [5.74, 6) is 0. The molecule has 19 aromatic rings. The molecule has 0 saturated carbocycles. The van der Waals surface area contributed by atoms with Crippen molar-refractivity contribution < 1.29 is 0 Å². The smallest absolute Gasteiger partial charge is 0.0635 e. The summed E-state index contributed by atoms with van der Waals surface area (Å²) in [5.41, 5.74) is 19.0. The van der Waals surface area contributed by atoms with Crippen LogP contribution in [0.25, 0.3) is 172 Å². The van der Waals surface area contributed by atoms with Crippen LogP contribution in [0.4, 0.5) is 0 Å². The molecular formula is C78H58N4S2. The molecule has 0 aliphatic carbocycles. The second kappa shape index (κ2) is 15.6. The highest BCUT2D eigenvalue weighted by molar-refractivity contribution is 7.27. The maximum absolute atomic E-state index is 2.63. The zero-order valence-corrected chi connectivity index (χ0v) is 50.1. The summed E-state index contributed by atoms with van der Waals surface area (Å²) in [5, 5.41) is 20.9. The minimum atomic E-state index is 0.0217. The van der Waals surface area contributed by atoms with Crippen LogP contribution < -0.4 is 0 Å². The Hall–Kier alpha value is -8.94. The summed E-state index contributed by atoms with van der Waals surface area (Å²) in [6.07, 6.45) is 0. The van der Waals surface area contributed by atoms with E-state index in [0.29, 0.717) is 0 Å². The van der Waals surface area contributed by atoms with Crippen molar-refractivity contribution >= 4 is 183 Å². The quantitative estimate of drug-likeness (QED) is 0.164. The predicted octanol–water partition coefficient (Wildman–Crippen LogP) is 22.8. The van der Waals surface area contributed by atoms with Gasteiger partial charge in [-0.1, -0.05) is 135 Å². The maximum Gasteiger partial charge on any atom is 0.0635 e. The first-order valence-corrected chi connectivity index (χ1v) is 31.4. The monoisotopic (exact) mass is 1110 g/mol. The van der Waals surface area contributed by atoms with Crippen LogP contribution in [-0.2, 0) is 16.2 Å². The molecule has 8 aromatic heterocycles. The molecule has 4 nitrogen and oxygen atoms in total. The standard InChI is InChI=1S/C78H58N4S2/c1-76(2,3)41-22-27-61-49(32-41)46-16-10-13-19-60(46)79(61)44-25-30-64-58(35-44)70-72-54(37-56-47-17-11-14-20-68(47)83-74(56)70)52-40-67-53(39-66(52)81(64)72)55-38-57-48-18-12-15-21-69(48)84-75(57)71-59-36-45(26-31-65(59)82(67)73(55)71)80-62-28-23-42(77(4,5)6)33-50(62)51-34-43(78(7,8)9)24-29-63(51)80/h10-40H,1-9H3. The topological polar surface area (TPSA) is 18.7 Å². The second-order valence-corrected chi connectivity index (χ2v) is 29.4. The molecule has 0 saturated heterocycles. The molecule has 0 fully saturated rings. The van der Waals surface area contributed by atoms with E-state index in [1.807, 2.05) is 22.7 Å². The number of fused-ring (bicyclic) bond motifs is 26. The molecule has 6 heteroatoms. The van der Waals surface area contributed by atoms with Gasteiger partial charge in [0.05, 0.1) is 55.2 Å². The van der Waals surface area contributed by atoms with Crippen molar-refractivity contribution in [3.63, 3.8) is 0 Å². The molecule has 0 bridgehead atoms. The molecule has 0 aliphatic rings. The summed E-state index contributed by atoms with van der Waals surface area (Å²) in [6, 6.07) is 73.4. The van der Waals surface area contributed by atoms with Gasteiger partial charge in [-0.3, -0.25) is 0 Å². The van der Waals surface area contributed by atoms with Crippen LogP contribution in [0, 0.1) is 0 Å². The Balaban J connectivity index is 0.916. The Morgan fingerprint density at radius 2 is 0.619 bits per heavy atom. The lowest BCUT2D eigenvalue weighted by molar-refractivity contribution is 0.590. The van der Waals surface area contributed by atoms with Crippen molar-refractivity contribution in [2.24, 2.45) is 0 Å². The molecule has 0 atom stereocenters. The van der Waals surface area contributed by atoms with Gasteiger partial charge in [0.1, 0.15) is 0 Å². The van der Waals surface area contributed by atoms with Gasteiger partial charge in [0.15, 0.2) is 0 Å². The minimum Gasteiger partial charge on any atom is -0.309 e. The highest BCUT2D eigenvalue weighted by Crippen LogP contribution is 2.53. The van der Waals surface area contributed by atoms with E-state index in [2.05, 4.69) is 268 Å². The first-order valence-electron chi connectivity index (χ1n) is 29.7. The van der Waals surface area contributed by atoms with Crippen LogP contribution in [-0.4, -0.2) is 17.9 Å². The van der Waals surface area contributed by atoms with Gasteiger partial charge in [-0.2, -0.15) is 0 Å². The number of para-hydroxylation sites is 1. The lowest BCUT2D eigenvalue weighted by atomic mass is 9.85. The van der Waals surface area contributed by atoms with E-state index in [1.54, 1.807) is 0 Å². The third-order valence-electron chi connectivity index (χ3n) is 19.4. The van der Waals surface area contributed by atoms with Crippen LogP contribution in [0.15, 0.2) is 188 Å². The summed E-state index contributed by atoms with van der Waals surface area (Å²) < 4.78 is 15.6. The van der Waals surface area contributed by atoms with Crippen molar-refractivity contribution in [2.75, 3.05) is 0 Å². The normalized spacial score (nSPS) is 13.5. The highest BCUT2D eigenvalue weighted by atomic mass is 32.1. The average Bonchev–Trinajstić information content (AvgIpc) is 1.59. The molecule has 0 spiro atoms. The highest BCUT2D eigenvalue weighted by Gasteiger charge is 2.29. The lowest BCUT2D eigenvalue weighted by Crippen LogP contribution is -2.10. The Bertz CT molecular complexity index is 6090. The largest absolute Gasteiger partial charge is 0.309 e. The van der Waals surface area contributed by atoms with E-state index < -0.39 is 0 Å². The van der Waals surface area contributed by atoms with E-state index in [0.717, 1.165) is 0 Å². The Labute approximate surface area is 492 Å². The van der Waals surface area contributed by atoms with Gasteiger partial charge in [-0.25, -0.2) is 0 Å². The van der Waals surface area contributed by atoms with E-state index in [-0.39, 0.29) is 16.2 Å². The second-order valence-electron chi connectivity index (χ2n) is 27.3. The summed E-state index contributed by atoms with van der Waals surface area (Å²) in [7, 11) is 0. The molecule has 84 heavy (non-hydrogen) atoms. The third-order valence-corrected chi connectivity index (χ3v) is 21.8. The summed E-state index contributed by atoms with van der Waals surface area (Å²) in [6.45, 7) is 20.9. The van der Waals surface area contributed by atoms with Crippen LogP contribution >= 0.6 is 22.7 Å². The number of thiophene rings is 2. The van der Waals surface area contributed by atoms with Gasteiger partial charge >= 0.3 is 0 Å². The molecule has 8 heterocycles. The SMILES string of the molecule is CC(C)(C)c1ccc2c(c1)c1ccccc1n2-c1ccc2c(c1)c1c3sc4ccccc4c3cc3c4cc5c(cc4n2c31)c1cc2c3ccccc3sc2c2c3cc(-n4c6ccc(C(C)(C)C)cc6c6cc(C(C)(C)C)ccc64)ccc3n5c12. The van der Waals surface area contributed by atoms with Gasteiger partial charge in [-0.15, -0.1) is 22.7 Å². The minimum absolute atomic E-state index is 0.0217. The Kier molecular flexibility index (Phi) is 8.84. The van der Waals surface area contributed by atoms with E-state index in [4.69, 9.17) is 0 Å². The van der Waals surface area contributed by atoms with E-state index >= 15 is 0 Å². The molecule has 0 radical (unpaired) electrons. The molecule has 19 rings (SSSR count). The van der Waals surface area contributed by atoms with E-state index in [9.17, 15) is 0 Å². The average molecular weight is 1120 g/mol. The maximum atomic E-state index is 2.63. The first-order chi connectivity index (χ1) is 40.5. The van der Waals surface area contributed by atoms with Crippen molar-refractivity contribution in [3.8, 4) is 11.4 Å². The van der Waals surface area contributed by atoms with Gasteiger partial charge < -0.3 is 17.9 Å². The predicted molar refractivity (Wildman–Crippen MR) is 366 cm³/mol. The van der Waals surface area contributed by atoms with Crippen molar-refractivity contribution in [1.82, 2.24) is 17.9 Å². The number of hydrogen-bond acceptors (Lipinski definition) is 2. The lowest BCUT2D eigenvalue weighted by Gasteiger charge is -2.19. The van der Waals surface area contributed by atoms with E-state index in [1.165, 1.54) is 188 Å². The molecular weight excluding hydrogens is 1060 g/mol. The number of rotatable bonds is 2. The van der Waals surface area contributed by atoms with Crippen molar-refractivity contribution in [2.45, 2.75) is 78.6 Å². The summed E-state index contributed by atoms with van der Waals surface area (Å²) >= 11 is 3.88. The molecule has 0 N–H and O–H groups in total. The molecule has 0 unspecified atom stereocenters. The molecule has 0 amide bonds. The number of benzene rings is 11. The van der Waals surface area contributed by atoms with Crippen molar-refractivity contribution in [1.29, 1.82) is 0 Å². The van der Waals surface area contributed by atoms with Gasteiger partial charge in [0.2, 0.25) is 0 Å². The Morgan fingerprint density at radius 1 is 0.262 bits per heavy atom.